The predicted octanol–water partition coefficient (Wildman–Crippen LogP) is 3.10. The van der Waals surface area contributed by atoms with E-state index in [2.05, 4.69) is 25.6 Å². The summed E-state index contributed by atoms with van der Waals surface area (Å²) in [4.78, 5) is 24.3. The van der Waals surface area contributed by atoms with Crippen molar-refractivity contribution in [3.8, 4) is 11.5 Å². The lowest BCUT2D eigenvalue weighted by molar-refractivity contribution is -0.122. The Hall–Kier alpha value is -3.75. The van der Waals surface area contributed by atoms with Crippen LogP contribution in [-0.2, 0) is 4.79 Å². The van der Waals surface area contributed by atoms with Crippen LogP contribution in [0.15, 0.2) is 59.5 Å². The van der Waals surface area contributed by atoms with Gasteiger partial charge >= 0.3 is 0 Å². The Morgan fingerprint density at radius 1 is 1.23 bits per heavy atom. The summed E-state index contributed by atoms with van der Waals surface area (Å²) in [7, 11) is 0. The molecule has 2 aliphatic carbocycles. The molecule has 2 bridgehead atoms. The number of halogens is 1. The van der Waals surface area contributed by atoms with E-state index in [9.17, 15) is 9.18 Å². The minimum absolute atomic E-state index is 0.0357. The van der Waals surface area contributed by atoms with Gasteiger partial charge in [0.25, 0.3) is 0 Å². The number of hydrogen-bond acceptors (Lipinski definition) is 7. The molecular formula is C21H19FN6O2. The highest BCUT2D eigenvalue weighted by Gasteiger charge is 2.47. The maximum atomic E-state index is 14.4. The van der Waals surface area contributed by atoms with Crippen molar-refractivity contribution in [1.29, 1.82) is 0 Å². The number of aromatic nitrogens is 3. The van der Waals surface area contributed by atoms with Crippen molar-refractivity contribution < 1.29 is 13.6 Å². The van der Waals surface area contributed by atoms with Crippen LogP contribution in [0.1, 0.15) is 6.42 Å². The lowest BCUT2D eigenvalue weighted by atomic mass is 9.88. The maximum Gasteiger partial charge on any atom is 0.229 e. The van der Waals surface area contributed by atoms with Gasteiger partial charge in [0.15, 0.2) is 11.6 Å². The van der Waals surface area contributed by atoms with Crippen molar-refractivity contribution in [2.24, 2.45) is 23.5 Å². The molecule has 1 fully saturated rings. The molecule has 8 nitrogen and oxygen atoms in total. The molecule has 152 valence electrons. The first-order valence-corrected chi connectivity index (χ1v) is 9.62. The fourth-order valence-corrected chi connectivity index (χ4v) is 4.32. The maximum absolute atomic E-state index is 14.4. The number of allylic oxidation sites excluding steroid dienone is 1. The minimum atomic E-state index is -0.593. The third kappa shape index (κ3) is 3.28. The summed E-state index contributed by atoms with van der Waals surface area (Å²) in [5.41, 5.74) is 7.06. The third-order valence-electron chi connectivity index (χ3n) is 5.63. The van der Waals surface area contributed by atoms with E-state index in [0.29, 0.717) is 11.6 Å². The number of rotatable bonds is 6. The number of nitrogens with zero attached hydrogens (tertiary/aromatic N) is 3. The van der Waals surface area contributed by atoms with Gasteiger partial charge in [-0.1, -0.05) is 18.2 Å². The summed E-state index contributed by atoms with van der Waals surface area (Å²) in [6.07, 6.45) is 9.06. The first kappa shape index (κ1) is 18.3. The summed E-state index contributed by atoms with van der Waals surface area (Å²) in [5.74, 6) is -0.414. The molecule has 9 heteroatoms. The molecule has 1 aromatic carbocycles. The summed E-state index contributed by atoms with van der Waals surface area (Å²) >= 11 is 0. The molecule has 3 aromatic rings. The second-order valence-electron chi connectivity index (χ2n) is 7.48. The molecule has 30 heavy (non-hydrogen) atoms. The summed E-state index contributed by atoms with van der Waals surface area (Å²) < 4.78 is 19.7. The third-order valence-corrected chi connectivity index (χ3v) is 5.63. The highest BCUT2D eigenvalue weighted by molar-refractivity contribution is 5.79. The molecule has 5 rings (SSSR count). The molecule has 1 amide bonds. The van der Waals surface area contributed by atoms with Crippen LogP contribution in [-0.4, -0.2) is 26.9 Å². The molecular weight excluding hydrogens is 387 g/mol. The van der Waals surface area contributed by atoms with Gasteiger partial charge in [0.1, 0.15) is 6.26 Å². The quantitative estimate of drug-likeness (QED) is 0.538. The van der Waals surface area contributed by atoms with E-state index < -0.39 is 5.82 Å². The number of hydrogen-bond donors (Lipinski definition) is 3. The van der Waals surface area contributed by atoms with Crippen molar-refractivity contribution in [3.05, 3.63) is 60.9 Å². The SMILES string of the molecule is NC(=O)[C@@H]1[C@H](Nc2nc(Nc3cccc(-c4ncco4)c3)ncc2F)[C@H]2C=C[C@@H]1C2. The molecule has 2 aromatic heterocycles. The van der Waals surface area contributed by atoms with Gasteiger partial charge in [-0.15, -0.1) is 0 Å². The Bertz CT molecular complexity index is 1120. The molecule has 0 aliphatic heterocycles. The number of fused-ring (bicyclic) bond motifs is 2. The van der Waals surface area contributed by atoms with Crippen molar-refractivity contribution in [2.75, 3.05) is 10.6 Å². The number of carbonyl (C=O) groups excluding carboxylic acids is 1. The Morgan fingerprint density at radius 3 is 2.90 bits per heavy atom. The number of nitrogens with two attached hydrogens (primary N) is 1. The van der Waals surface area contributed by atoms with E-state index in [0.717, 1.165) is 18.2 Å². The first-order valence-electron chi connectivity index (χ1n) is 9.62. The van der Waals surface area contributed by atoms with Crippen LogP contribution in [0.25, 0.3) is 11.5 Å². The Balaban J connectivity index is 1.37. The van der Waals surface area contributed by atoms with Gasteiger partial charge in [0, 0.05) is 17.3 Å². The van der Waals surface area contributed by atoms with Crippen LogP contribution in [0.5, 0.6) is 0 Å². The molecule has 1 saturated carbocycles. The monoisotopic (exact) mass is 406 g/mol. The lowest BCUT2D eigenvalue weighted by Crippen LogP contribution is -2.41. The zero-order valence-electron chi connectivity index (χ0n) is 15.8. The van der Waals surface area contributed by atoms with Crippen molar-refractivity contribution in [1.82, 2.24) is 15.0 Å². The number of benzene rings is 1. The average molecular weight is 406 g/mol. The van der Waals surface area contributed by atoms with Gasteiger partial charge in [-0.2, -0.15) is 4.98 Å². The molecule has 0 radical (unpaired) electrons. The Labute approximate surface area is 171 Å². The van der Waals surface area contributed by atoms with E-state index >= 15 is 0 Å². The van der Waals surface area contributed by atoms with Crippen LogP contribution in [0.3, 0.4) is 0 Å². The molecule has 4 N–H and O–H groups in total. The summed E-state index contributed by atoms with van der Waals surface area (Å²) in [6.45, 7) is 0. The van der Waals surface area contributed by atoms with Gasteiger partial charge in [0.05, 0.1) is 18.3 Å². The fraction of sp³-hybridized carbons (Fsp3) is 0.238. The van der Waals surface area contributed by atoms with Gasteiger partial charge in [-0.3, -0.25) is 4.79 Å². The molecule has 0 saturated heterocycles. The number of carbonyl (C=O) groups is 1. The number of amides is 1. The Morgan fingerprint density at radius 2 is 2.10 bits per heavy atom. The van der Waals surface area contributed by atoms with Crippen molar-refractivity contribution >= 4 is 23.4 Å². The second-order valence-corrected chi connectivity index (χ2v) is 7.48. The van der Waals surface area contributed by atoms with Crippen LogP contribution in [0, 0.1) is 23.6 Å². The minimum Gasteiger partial charge on any atom is -0.445 e. The summed E-state index contributed by atoms with van der Waals surface area (Å²) in [6, 6.07) is 7.07. The highest BCUT2D eigenvalue weighted by atomic mass is 19.1. The van der Waals surface area contributed by atoms with Crippen LogP contribution >= 0.6 is 0 Å². The standard InChI is InChI=1S/C21H19FN6O2/c22-15-10-25-21(26-14-3-1-2-13(9-14)20-24-6-7-30-20)28-19(15)27-17-12-5-4-11(8-12)16(17)18(23)29/h1-7,9-12,16-17H,8H2,(H2,23,29)(H2,25,26,27,28)/t11-,12+,16+,17-/m1/s1. The van der Waals surface area contributed by atoms with E-state index in [4.69, 9.17) is 10.2 Å². The van der Waals surface area contributed by atoms with Crippen molar-refractivity contribution in [3.63, 3.8) is 0 Å². The molecule has 2 heterocycles. The second kappa shape index (κ2) is 7.25. The van der Waals surface area contributed by atoms with Gasteiger partial charge < -0.3 is 20.8 Å². The van der Waals surface area contributed by atoms with E-state index in [1.165, 1.54) is 6.26 Å². The molecule has 4 atom stereocenters. The fourth-order valence-electron chi connectivity index (χ4n) is 4.32. The van der Waals surface area contributed by atoms with Crippen molar-refractivity contribution in [2.45, 2.75) is 12.5 Å². The molecule has 0 unspecified atom stereocenters. The zero-order chi connectivity index (χ0) is 20.7. The number of anilines is 3. The van der Waals surface area contributed by atoms with E-state index in [-0.39, 0.29) is 41.5 Å². The normalized spacial score (nSPS) is 24.2. The lowest BCUT2D eigenvalue weighted by Gasteiger charge is -2.27. The molecule has 2 aliphatic rings. The van der Waals surface area contributed by atoms with Gasteiger partial charge in [-0.25, -0.2) is 14.4 Å². The van der Waals surface area contributed by atoms with E-state index in [1.54, 1.807) is 6.20 Å². The molecule has 0 spiro atoms. The predicted molar refractivity (Wildman–Crippen MR) is 108 cm³/mol. The topological polar surface area (TPSA) is 119 Å². The van der Waals surface area contributed by atoms with Crippen LogP contribution in [0.2, 0.25) is 0 Å². The van der Waals surface area contributed by atoms with Gasteiger partial charge in [-0.05, 0) is 36.5 Å². The highest BCUT2D eigenvalue weighted by Crippen LogP contribution is 2.44. The number of oxazole rings is 1. The summed E-state index contributed by atoms with van der Waals surface area (Å²) in [5, 5.41) is 6.15. The first-order chi connectivity index (χ1) is 14.6. The Kier molecular flexibility index (Phi) is 4.42. The van der Waals surface area contributed by atoms with Crippen LogP contribution < -0.4 is 16.4 Å². The van der Waals surface area contributed by atoms with Crippen LogP contribution in [0.4, 0.5) is 21.8 Å². The van der Waals surface area contributed by atoms with Gasteiger partial charge in [0.2, 0.25) is 17.7 Å². The average Bonchev–Trinajstić information content (AvgIpc) is 3.48. The zero-order valence-corrected chi connectivity index (χ0v) is 15.8. The smallest absolute Gasteiger partial charge is 0.229 e. The van der Waals surface area contributed by atoms with E-state index in [1.807, 2.05) is 36.4 Å². The number of primary amides is 1. The largest absolute Gasteiger partial charge is 0.445 e. The number of nitrogens with one attached hydrogen (secondary N) is 2.